The van der Waals surface area contributed by atoms with Gasteiger partial charge in [0, 0.05) is 43.8 Å². The molecule has 0 aliphatic carbocycles. The van der Waals surface area contributed by atoms with E-state index in [1.165, 1.54) is 11.1 Å². The molecular formula is C21H30IN7. The summed E-state index contributed by atoms with van der Waals surface area (Å²) in [5, 5.41) is 11.2. The summed E-state index contributed by atoms with van der Waals surface area (Å²) in [4.78, 5) is 9.23. The van der Waals surface area contributed by atoms with Gasteiger partial charge in [-0.25, -0.2) is 9.98 Å². The smallest absolute Gasteiger partial charge is 0.191 e. The van der Waals surface area contributed by atoms with Crippen molar-refractivity contribution in [1.82, 2.24) is 30.0 Å². The Balaban J connectivity index is 0.00000300. The molecule has 3 aromatic rings. The molecule has 2 N–H and O–H groups in total. The van der Waals surface area contributed by atoms with Crippen LogP contribution in [0.4, 0.5) is 0 Å². The maximum absolute atomic E-state index is 4.74. The number of halogens is 1. The molecule has 2 heterocycles. The Morgan fingerprint density at radius 3 is 2.55 bits per heavy atom. The maximum atomic E-state index is 4.74. The maximum Gasteiger partial charge on any atom is 0.191 e. The molecule has 0 atom stereocenters. The van der Waals surface area contributed by atoms with Crippen molar-refractivity contribution in [3.63, 3.8) is 0 Å². The van der Waals surface area contributed by atoms with E-state index < -0.39 is 0 Å². The van der Waals surface area contributed by atoms with Gasteiger partial charge in [-0.1, -0.05) is 30.3 Å². The van der Waals surface area contributed by atoms with Crippen LogP contribution >= 0.6 is 24.0 Å². The SMILES string of the molecule is CCNC(=NCc1c(C)nn(C)c1C)NCc1nccn1Cc1ccccc1.I. The van der Waals surface area contributed by atoms with Gasteiger partial charge in [0.25, 0.3) is 0 Å². The summed E-state index contributed by atoms with van der Waals surface area (Å²) in [5.41, 5.74) is 4.60. The lowest BCUT2D eigenvalue weighted by Crippen LogP contribution is -2.37. The Bertz CT molecular complexity index is 928. The first-order valence-corrected chi connectivity index (χ1v) is 9.63. The van der Waals surface area contributed by atoms with Crippen LogP contribution in [0.15, 0.2) is 47.7 Å². The number of benzene rings is 1. The topological polar surface area (TPSA) is 72.1 Å². The second-order valence-electron chi connectivity index (χ2n) is 6.78. The third-order valence-electron chi connectivity index (χ3n) is 4.81. The van der Waals surface area contributed by atoms with Gasteiger partial charge in [-0.2, -0.15) is 5.10 Å². The predicted octanol–water partition coefficient (Wildman–Crippen LogP) is 3.16. The Hall–Kier alpha value is -2.36. The number of hydrogen-bond donors (Lipinski definition) is 2. The van der Waals surface area contributed by atoms with Crippen LogP contribution in [0, 0.1) is 13.8 Å². The van der Waals surface area contributed by atoms with Crippen LogP contribution in [0.2, 0.25) is 0 Å². The quantitative estimate of drug-likeness (QED) is 0.293. The third-order valence-corrected chi connectivity index (χ3v) is 4.81. The minimum atomic E-state index is 0. The predicted molar refractivity (Wildman–Crippen MR) is 128 cm³/mol. The van der Waals surface area contributed by atoms with Crippen LogP contribution in [0.25, 0.3) is 0 Å². The molecule has 156 valence electrons. The summed E-state index contributed by atoms with van der Waals surface area (Å²) in [5.74, 6) is 1.75. The Morgan fingerprint density at radius 1 is 1.14 bits per heavy atom. The fourth-order valence-corrected chi connectivity index (χ4v) is 3.14. The van der Waals surface area contributed by atoms with E-state index in [0.29, 0.717) is 13.1 Å². The number of rotatable bonds is 7. The number of nitrogens with zero attached hydrogens (tertiary/aromatic N) is 5. The van der Waals surface area contributed by atoms with Gasteiger partial charge in [0.1, 0.15) is 5.82 Å². The molecule has 8 heteroatoms. The summed E-state index contributed by atoms with van der Waals surface area (Å²) in [7, 11) is 1.96. The summed E-state index contributed by atoms with van der Waals surface area (Å²) in [6.07, 6.45) is 3.85. The van der Waals surface area contributed by atoms with Gasteiger partial charge in [0.15, 0.2) is 5.96 Å². The zero-order valence-electron chi connectivity index (χ0n) is 17.5. The molecule has 0 radical (unpaired) electrons. The first-order valence-electron chi connectivity index (χ1n) is 9.63. The van der Waals surface area contributed by atoms with E-state index in [9.17, 15) is 0 Å². The molecule has 0 aliphatic rings. The van der Waals surface area contributed by atoms with Crippen molar-refractivity contribution in [3.05, 3.63) is 71.1 Å². The summed E-state index contributed by atoms with van der Waals surface area (Å²) in [6, 6.07) is 10.4. The van der Waals surface area contributed by atoms with E-state index in [2.05, 4.69) is 63.4 Å². The van der Waals surface area contributed by atoms with E-state index in [4.69, 9.17) is 4.99 Å². The van der Waals surface area contributed by atoms with Crippen LogP contribution in [0.3, 0.4) is 0 Å². The van der Waals surface area contributed by atoms with Crippen molar-refractivity contribution in [3.8, 4) is 0 Å². The van der Waals surface area contributed by atoms with Crippen LogP contribution < -0.4 is 10.6 Å². The van der Waals surface area contributed by atoms with Crippen molar-refractivity contribution < 1.29 is 0 Å². The highest BCUT2D eigenvalue weighted by Gasteiger charge is 2.10. The molecule has 0 spiro atoms. The van der Waals surface area contributed by atoms with Crippen molar-refractivity contribution >= 4 is 29.9 Å². The van der Waals surface area contributed by atoms with Gasteiger partial charge in [-0.3, -0.25) is 4.68 Å². The molecule has 0 saturated carbocycles. The molecule has 2 aromatic heterocycles. The van der Waals surface area contributed by atoms with Crippen molar-refractivity contribution in [2.45, 2.75) is 40.4 Å². The third kappa shape index (κ3) is 6.06. The van der Waals surface area contributed by atoms with Crippen LogP contribution in [-0.4, -0.2) is 31.8 Å². The second kappa shape index (κ2) is 11.0. The molecule has 0 bridgehead atoms. The average molecular weight is 507 g/mol. The van der Waals surface area contributed by atoms with Gasteiger partial charge in [-0.15, -0.1) is 24.0 Å². The highest BCUT2D eigenvalue weighted by atomic mass is 127. The van der Waals surface area contributed by atoms with E-state index in [1.54, 1.807) is 0 Å². The minimum absolute atomic E-state index is 0. The number of imidazole rings is 1. The Labute approximate surface area is 189 Å². The van der Waals surface area contributed by atoms with E-state index >= 15 is 0 Å². The van der Waals surface area contributed by atoms with Crippen molar-refractivity contribution in [2.24, 2.45) is 12.0 Å². The fraction of sp³-hybridized carbons (Fsp3) is 0.381. The number of guanidine groups is 1. The average Bonchev–Trinajstić information content (AvgIpc) is 3.22. The zero-order valence-corrected chi connectivity index (χ0v) is 19.8. The lowest BCUT2D eigenvalue weighted by atomic mass is 10.2. The number of nitrogens with one attached hydrogen (secondary N) is 2. The molecule has 0 unspecified atom stereocenters. The largest absolute Gasteiger partial charge is 0.357 e. The standard InChI is InChI=1S/C21H29N7.HI/c1-5-22-21(24-13-19-16(2)26-27(4)17(19)3)25-14-20-23-11-12-28(20)15-18-9-7-6-8-10-18;/h6-12H,5,13-15H2,1-4H3,(H2,22,24,25);1H. The van der Waals surface area contributed by atoms with Gasteiger partial charge in [-0.05, 0) is 26.3 Å². The highest BCUT2D eigenvalue weighted by Crippen LogP contribution is 2.13. The second-order valence-corrected chi connectivity index (χ2v) is 6.78. The van der Waals surface area contributed by atoms with Crippen molar-refractivity contribution in [2.75, 3.05) is 6.54 Å². The normalized spacial score (nSPS) is 11.2. The molecular weight excluding hydrogens is 477 g/mol. The van der Waals surface area contributed by atoms with Crippen LogP contribution in [0.5, 0.6) is 0 Å². The monoisotopic (exact) mass is 507 g/mol. The Morgan fingerprint density at radius 2 is 1.90 bits per heavy atom. The molecule has 0 fully saturated rings. The highest BCUT2D eigenvalue weighted by molar-refractivity contribution is 14.0. The van der Waals surface area contributed by atoms with Crippen LogP contribution in [-0.2, 0) is 26.7 Å². The van der Waals surface area contributed by atoms with Crippen molar-refractivity contribution in [1.29, 1.82) is 0 Å². The van der Waals surface area contributed by atoms with E-state index in [-0.39, 0.29) is 24.0 Å². The lowest BCUT2D eigenvalue weighted by Gasteiger charge is -2.13. The number of aryl methyl sites for hydroxylation is 2. The number of aliphatic imine (C=N–C) groups is 1. The summed E-state index contributed by atoms with van der Waals surface area (Å²) in [6.45, 7) is 8.98. The number of hydrogen-bond acceptors (Lipinski definition) is 3. The molecule has 7 nitrogen and oxygen atoms in total. The van der Waals surface area contributed by atoms with Gasteiger partial charge >= 0.3 is 0 Å². The van der Waals surface area contributed by atoms with Gasteiger partial charge < -0.3 is 15.2 Å². The lowest BCUT2D eigenvalue weighted by molar-refractivity contribution is 0.688. The molecule has 0 amide bonds. The molecule has 0 aliphatic heterocycles. The first-order chi connectivity index (χ1) is 13.6. The Kier molecular flexibility index (Phi) is 8.69. The molecule has 1 aromatic carbocycles. The first kappa shape index (κ1) is 22.9. The number of aromatic nitrogens is 4. The van der Waals surface area contributed by atoms with E-state index in [1.807, 2.05) is 37.1 Å². The summed E-state index contributed by atoms with van der Waals surface area (Å²) < 4.78 is 4.06. The van der Waals surface area contributed by atoms with Gasteiger partial charge in [0.05, 0.1) is 18.8 Å². The zero-order chi connectivity index (χ0) is 19.9. The summed E-state index contributed by atoms with van der Waals surface area (Å²) >= 11 is 0. The van der Waals surface area contributed by atoms with E-state index in [0.717, 1.165) is 36.3 Å². The minimum Gasteiger partial charge on any atom is -0.357 e. The molecule has 3 rings (SSSR count). The molecule has 29 heavy (non-hydrogen) atoms. The fourth-order valence-electron chi connectivity index (χ4n) is 3.14. The van der Waals surface area contributed by atoms with Gasteiger partial charge in [0.2, 0.25) is 0 Å². The molecule has 0 saturated heterocycles. The van der Waals surface area contributed by atoms with Crippen LogP contribution in [0.1, 0.15) is 35.3 Å².